The van der Waals surface area contributed by atoms with Crippen molar-refractivity contribution in [2.24, 2.45) is 5.92 Å². The van der Waals surface area contributed by atoms with Gasteiger partial charge in [-0.1, -0.05) is 12.1 Å². The fourth-order valence-electron chi connectivity index (χ4n) is 2.60. The average molecular weight is 295 g/mol. The van der Waals surface area contributed by atoms with Gasteiger partial charge in [0, 0.05) is 31.8 Å². The fraction of sp³-hybridized carbons (Fsp3) is 0.562. The Morgan fingerprint density at radius 3 is 2.81 bits per heavy atom. The van der Waals surface area contributed by atoms with Crippen molar-refractivity contribution in [2.45, 2.75) is 32.4 Å². The molecule has 0 saturated heterocycles. The first-order chi connectivity index (χ1) is 10.0. The number of methoxy groups -OCH3 is 1. The number of ether oxygens (including phenoxy) is 1. The molecule has 0 aromatic heterocycles. The maximum absolute atomic E-state index is 14.2. The highest BCUT2D eigenvalue weighted by Gasteiger charge is 2.32. The second-order valence-electron chi connectivity index (χ2n) is 5.63. The summed E-state index contributed by atoms with van der Waals surface area (Å²) in [5, 5.41) is 9.00. The van der Waals surface area contributed by atoms with E-state index in [2.05, 4.69) is 11.8 Å². The first-order valence-electron chi connectivity index (χ1n) is 7.28. The van der Waals surface area contributed by atoms with Crippen LogP contribution in [0.2, 0.25) is 0 Å². The lowest BCUT2D eigenvalue weighted by Crippen LogP contribution is -2.37. The monoisotopic (exact) mass is 295 g/mol. The molecule has 1 atom stereocenters. The zero-order chi connectivity index (χ0) is 15.4. The molecule has 0 spiro atoms. The van der Waals surface area contributed by atoms with Crippen molar-refractivity contribution in [3.63, 3.8) is 0 Å². The van der Waals surface area contributed by atoms with E-state index in [0.717, 1.165) is 0 Å². The maximum atomic E-state index is 14.2. The number of rotatable bonds is 8. The SMILES string of the molecule is COCCN(Cc1cccc(C(=O)O)c1F)C(C)C1CC1. The number of carbonyl (C=O) groups is 1. The lowest BCUT2D eigenvalue weighted by atomic mass is 10.1. The first kappa shape index (κ1) is 15.9. The third-order valence-electron chi connectivity index (χ3n) is 4.15. The Bertz CT molecular complexity index is 502. The third-order valence-corrected chi connectivity index (χ3v) is 4.15. The molecule has 1 saturated carbocycles. The van der Waals surface area contributed by atoms with Crippen molar-refractivity contribution < 1.29 is 19.0 Å². The highest BCUT2D eigenvalue weighted by atomic mass is 19.1. The molecule has 116 valence electrons. The number of hydrogen-bond donors (Lipinski definition) is 1. The fourth-order valence-corrected chi connectivity index (χ4v) is 2.60. The molecule has 0 aliphatic heterocycles. The molecule has 0 amide bonds. The summed E-state index contributed by atoms with van der Waals surface area (Å²) in [6.45, 7) is 3.85. The third kappa shape index (κ3) is 4.02. The van der Waals surface area contributed by atoms with Crippen LogP contribution in [0.25, 0.3) is 0 Å². The van der Waals surface area contributed by atoms with Gasteiger partial charge in [0.2, 0.25) is 0 Å². The first-order valence-corrected chi connectivity index (χ1v) is 7.28. The van der Waals surface area contributed by atoms with Crippen LogP contribution in [0, 0.1) is 11.7 Å². The molecule has 21 heavy (non-hydrogen) atoms. The summed E-state index contributed by atoms with van der Waals surface area (Å²) in [5.41, 5.74) is 0.164. The second-order valence-corrected chi connectivity index (χ2v) is 5.63. The molecule has 1 aliphatic carbocycles. The quantitative estimate of drug-likeness (QED) is 0.801. The molecule has 0 radical (unpaired) electrons. The van der Waals surface area contributed by atoms with Gasteiger partial charge in [-0.25, -0.2) is 9.18 Å². The van der Waals surface area contributed by atoms with Crippen molar-refractivity contribution in [2.75, 3.05) is 20.3 Å². The molecule has 2 rings (SSSR count). The van der Waals surface area contributed by atoms with Gasteiger partial charge in [-0.3, -0.25) is 4.90 Å². The van der Waals surface area contributed by atoms with Crippen LogP contribution < -0.4 is 0 Å². The van der Waals surface area contributed by atoms with Crippen LogP contribution in [0.1, 0.15) is 35.7 Å². The van der Waals surface area contributed by atoms with Crippen LogP contribution >= 0.6 is 0 Å². The molecular formula is C16H22FNO3. The average Bonchev–Trinajstić information content (AvgIpc) is 3.28. The lowest BCUT2D eigenvalue weighted by molar-refractivity contribution is 0.0690. The van der Waals surface area contributed by atoms with Crippen LogP contribution in [0.15, 0.2) is 18.2 Å². The maximum Gasteiger partial charge on any atom is 0.338 e. The van der Waals surface area contributed by atoms with Gasteiger partial charge >= 0.3 is 5.97 Å². The van der Waals surface area contributed by atoms with E-state index in [0.29, 0.717) is 37.2 Å². The predicted molar refractivity (Wildman–Crippen MR) is 77.8 cm³/mol. The van der Waals surface area contributed by atoms with Gasteiger partial charge in [-0.2, -0.15) is 0 Å². The van der Waals surface area contributed by atoms with Crippen LogP contribution in [-0.2, 0) is 11.3 Å². The van der Waals surface area contributed by atoms with Crippen molar-refractivity contribution in [3.05, 3.63) is 35.1 Å². The van der Waals surface area contributed by atoms with Gasteiger partial charge in [0.1, 0.15) is 5.82 Å². The molecule has 1 fully saturated rings. The van der Waals surface area contributed by atoms with Crippen molar-refractivity contribution >= 4 is 5.97 Å². The molecule has 0 bridgehead atoms. The molecule has 1 aliphatic rings. The number of benzene rings is 1. The Hall–Kier alpha value is -1.46. The molecule has 4 nitrogen and oxygen atoms in total. The largest absolute Gasteiger partial charge is 0.478 e. The summed E-state index contributed by atoms with van der Waals surface area (Å²) in [6, 6.07) is 4.90. The summed E-state index contributed by atoms with van der Waals surface area (Å²) < 4.78 is 19.4. The normalized spacial score (nSPS) is 16.2. The topological polar surface area (TPSA) is 49.8 Å². The van der Waals surface area contributed by atoms with E-state index in [1.54, 1.807) is 19.2 Å². The minimum absolute atomic E-state index is 0.265. The Morgan fingerprint density at radius 2 is 2.24 bits per heavy atom. The van der Waals surface area contributed by atoms with Gasteiger partial charge in [0.25, 0.3) is 0 Å². The molecule has 0 heterocycles. The molecule has 1 unspecified atom stereocenters. The van der Waals surface area contributed by atoms with E-state index in [4.69, 9.17) is 9.84 Å². The Labute approximate surface area is 124 Å². The van der Waals surface area contributed by atoms with E-state index >= 15 is 0 Å². The van der Waals surface area contributed by atoms with E-state index in [1.807, 2.05) is 0 Å². The minimum atomic E-state index is -1.23. The molecule has 1 aromatic rings. The molecule has 5 heteroatoms. The van der Waals surface area contributed by atoms with Crippen molar-refractivity contribution in [1.82, 2.24) is 4.90 Å². The van der Waals surface area contributed by atoms with E-state index in [1.165, 1.54) is 18.9 Å². The van der Waals surface area contributed by atoms with Gasteiger partial charge < -0.3 is 9.84 Å². The van der Waals surface area contributed by atoms with Crippen LogP contribution in [0.3, 0.4) is 0 Å². The van der Waals surface area contributed by atoms with E-state index < -0.39 is 11.8 Å². The van der Waals surface area contributed by atoms with Crippen molar-refractivity contribution in [3.8, 4) is 0 Å². The van der Waals surface area contributed by atoms with Gasteiger partial charge in [-0.15, -0.1) is 0 Å². The summed E-state index contributed by atoms with van der Waals surface area (Å²) in [6.07, 6.45) is 2.42. The van der Waals surface area contributed by atoms with E-state index in [9.17, 15) is 9.18 Å². The molecular weight excluding hydrogens is 273 g/mol. The number of carboxylic acids is 1. The Morgan fingerprint density at radius 1 is 1.52 bits per heavy atom. The van der Waals surface area contributed by atoms with Gasteiger partial charge in [0.05, 0.1) is 12.2 Å². The summed E-state index contributed by atoms with van der Waals surface area (Å²) >= 11 is 0. The molecule has 1 N–H and O–H groups in total. The van der Waals surface area contributed by atoms with Crippen LogP contribution in [0.4, 0.5) is 4.39 Å². The Kier molecular flexibility index (Phi) is 5.31. The summed E-state index contributed by atoms with van der Waals surface area (Å²) in [5.74, 6) is -1.20. The highest BCUT2D eigenvalue weighted by Crippen LogP contribution is 2.35. The van der Waals surface area contributed by atoms with E-state index in [-0.39, 0.29) is 5.56 Å². The van der Waals surface area contributed by atoms with Gasteiger partial charge in [0.15, 0.2) is 0 Å². The molecule has 1 aromatic carbocycles. The smallest absolute Gasteiger partial charge is 0.338 e. The number of aromatic carboxylic acids is 1. The summed E-state index contributed by atoms with van der Waals surface area (Å²) in [4.78, 5) is 13.2. The Balaban J connectivity index is 2.15. The minimum Gasteiger partial charge on any atom is -0.478 e. The summed E-state index contributed by atoms with van der Waals surface area (Å²) in [7, 11) is 1.64. The standard InChI is InChI=1S/C16H22FNO3/c1-11(12-6-7-12)18(8-9-21-2)10-13-4-3-5-14(15(13)17)16(19)20/h3-5,11-12H,6-10H2,1-2H3,(H,19,20). The zero-order valence-electron chi connectivity index (χ0n) is 12.5. The highest BCUT2D eigenvalue weighted by molar-refractivity contribution is 5.88. The number of halogens is 1. The van der Waals surface area contributed by atoms with Crippen LogP contribution in [-0.4, -0.2) is 42.3 Å². The van der Waals surface area contributed by atoms with Crippen LogP contribution in [0.5, 0.6) is 0 Å². The van der Waals surface area contributed by atoms with Gasteiger partial charge in [-0.05, 0) is 31.7 Å². The lowest BCUT2D eigenvalue weighted by Gasteiger charge is -2.29. The number of carboxylic acid groups (broad SMARTS) is 1. The number of hydrogen-bond acceptors (Lipinski definition) is 3. The second kappa shape index (κ2) is 7.00. The van der Waals surface area contributed by atoms with Crippen molar-refractivity contribution in [1.29, 1.82) is 0 Å². The zero-order valence-corrected chi connectivity index (χ0v) is 12.5. The number of nitrogens with zero attached hydrogens (tertiary/aromatic N) is 1. The predicted octanol–water partition coefficient (Wildman–Crippen LogP) is 2.77.